The molecule has 0 heterocycles. The van der Waals surface area contributed by atoms with E-state index < -0.39 is 24.3 Å². The molecule has 0 aliphatic heterocycles. The molecule has 0 unspecified atom stereocenters. The molecule has 27 heavy (non-hydrogen) atoms. The van der Waals surface area contributed by atoms with Gasteiger partial charge in [0, 0.05) is 12.1 Å². The molecule has 0 saturated heterocycles. The molecule has 1 amide bonds. The van der Waals surface area contributed by atoms with Crippen molar-refractivity contribution in [1.82, 2.24) is 0 Å². The van der Waals surface area contributed by atoms with E-state index in [4.69, 9.17) is 25.8 Å². The number of anilines is 1. The summed E-state index contributed by atoms with van der Waals surface area (Å²) in [6.07, 6.45) is -4.55. The van der Waals surface area contributed by atoms with Crippen LogP contribution in [-0.2, 0) is 15.7 Å². The summed E-state index contributed by atoms with van der Waals surface area (Å²) in [5.74, 6) is -0.143. The molecule has 0 aliphatic carbocycles. The van der Waals surface area contributed by atoms with Gasteiger partial charge in [-0.3, -0.25) is 4.79 Å². The lowest BCUT2D eigenvalue weighted by Gasteiger charge is -2.15. The fourth-order valence-electron chi connectivity index (χ4n) is 2.03. The molecular formula is C18H17ClF3NO4. The number of benzene rings is 2. The molecule has 2 aromatic rings. The number of nitrogens with one attached hydrogen (secondary N) is 1. The molecule has 9 heteroatoms. The van der Waals surface area contributed by atoms with Gasteiger partial charge in [-0.2, -0.15) is 13.2 Å². The third-order valence-corrected chi connectivity index (χ3v) is 3.56. The number of rotatable bonds is 8. The Kier molecular flexibility index (Phi) is 7.32. The van der Waals surface area contributed by atoms with Crippen LogP contribution in [0.1, 0.15) is 5.56 Å². The van der Waals surface area contributed by atoms with Gasteiger partial charge in [0.25, 0.3) is 5.91 Å². The second kappa shape index (κ2) is 9.48. The predicted molar refractivity (Wildman–Crippen MR) is 94.4 cm³/mol. The average molecular weight is 404 g/mol. The second-order valence-electron chi connectivity index (χ2n) is 5.34. The van der Waals surface area contributed by atoms with Crippen molar-refractivity contribution in [3.8, 4) is 11.5 Å². The van der Waals surface area contributed by atoms with E-state index in [9.17, 15) is 18.0 Å². The van der Waals surface area contributed by atoms with Gasteiger partial charge in [-0.15, -0.1) is 0 Å². The van der Waals surface area contributed by atoms with Crippen molar-refractivity contribution in [2.24, 2.45) is 0 Å². The van der Waals surface area contributed by atoms with Gasteiger partial charge in [0.15, 0.2) is 6.61 Å². The van der Waals surface area contributed by atoms with Gasteiger partial charge < -0.3 is 19.5 Å². The van der Waals surface area contributed by atoms with Gasteiger partial charge in [0.2, 0.25) is 0 Å². The van der Waals surface area contributed by atoms with Crippen molar-refractivity contribution in [2.45, 2.75) is 6.18 Å². The monoisotopic (exact) mass is 403 g/mol. The van der Waals surface area contributed by atoms with E-state index in [1.54, 1.807) is 24.3 Å². The topological polar surface area (TPSA) is 56.8 Å². The molecule has 5 nitrogen and oxygen atoms in total. The van der Waals surface area contributed by atoms with Crippen LogP contribution in [0.15, 0.2) is 42.5 Å². The minimum atomic E-state index is -4.55. The lowest BCUT2D eigenvalue weighted by Crippen LogP contribution is -2.21. The fraction of sp³-hybridized carbons (Fsp3) is 0.278. The number of halogens is 4. The highest BCUT2D eigenvalue weighted by Crippen LogP contribution is 2.35. The Morgan fingerprint density at radius 1 is 1.07 bits per heavy atom. The van der Waals surface area contributed by atoms with E-state index in [-0.39, 0.29) is 24.7 Å². The summed E-state index contributed by atoms with van der Waals surface area (Å²) in [6.45, 7) is -0.0323. The number of amides is 1. The number of carbonyl (C=O) groups excluding carboxylic acids is 1. The zero-order chi connectivity index (χ0) is 19.9. The smallest absolute Gasteiger partial charge is 0.416 e. The predicted octanol–water partition coefficient (Wildman–Crippen LogP) is 4.40. The van der Waals surface area contributed by atoms with Gasteiger partial charge >= 0.3 is 6.18 Å². The van der Waals surface area contributed by atoms with Crippen LogP contribution in [0.4, 0.5) is 18.9 Å². The average Bonchev–Trinajstić information content (AvgIpc) is 2.62. The van der Waals surface area contributed by atoms with Crippen molar-refractivity contribution in [3.63, 3.8) is 0 Å². The quantitative estimate of drug-likeness (QED) is 0.664. The third-order valence-electron chi connectivity index (χ3n) is 3.31. The van der Waals surface area contributed by atoms with Crippen molar-refractivity contribution >= 4 is 23.2 Å². The summed E-state index contributed by atoms with van der Waals surface area (Å²) >= 11 is 5.75. The number of ether oxygens (including phenoxy) is 3. The van der Waals surface area contributed by atoms with Crippen LogP contribution in [0.3, 0.4) is 0 Å². The van der Waals surface area contributed by atoms with Crippen molar-refractivity contribution in [2.75, 3.05) is 32.2 Å². The molecule has 0 bridgehead atoms. The summed E-state index contributed by atoms with van der Waals surface area (Å²) < 4.78 is 54.3. The van der Waals surface area contributed by atoms with Gasteiger partial charge in [0.1, 0.15) is 18.1 Å². The van der Waals surface area contributed by atoms with Gasteiger partial charge in [0.05, 0.1) is 17.9 Å². The van der Waals surface area contributed by atoms with Crippen LogP contribution >= 0.6 is 11.6 Å². The second-order valence-corrected chi connectivity index (χ2v) is 5.78. The molecular weight excluding hydrogens is 387 g/mol. The van der Waals surface area contributed by atoms with Crippen molar-refractivity contribution < 1.29 is 32.2 Å². The minimum Gasteiger partial charge on any atom is -0.489 e. The number of hydrogen-bond acceptors (Lipinski definition) is 4. The maximum Gasteiger partial charge on any atom is 0.416 e. The van der Waals surface area contributed by atoms with Gasteiger partial charge in [-0.1, -0.05) is 11.6 Å². The Morgan fingerprint density at radius 2 is 1.78 bits per heavy atom. The molecule has 2 aromatic carbocycles. The van der Waals surface area contributed by atoms with Crippen LogP contribution in [0.25, 0.3) is 0 Å². The minimum absolute atomic E-state index is 0.0971. The Morgan fingerprint density at radius 3 is 2.41 bits per heavy atom. The van der Waals surface area contributed by atoms with Crippen molar-refractivity contribution in [3.05, 3.63) is 53.1 Å². The largest absolute Gasteiger partial charge is 0.489 e. The lowest BCUT2D eigenvalue weighted by molar-refractivity contribution is -0.137. The SMILES string of the molecule is COCCOc1ccc(C(F)(F)F)cc1NC(=O)COc1ccc(Cl)cc1. The molecule has 146 valence electrons. The van der Waals surface area contributed by atoms with E-state index in [1.165, 1.54) is 7.11 Å². The highest BCUT2D eigenvalue weighted by Gasteiger charge is 2.31. The van der Waals surface area contributed by atoms with Crippen LogP contribution in [0.2, 0.25) is 5.02 Å². The normalized spacial score (nSPS) is 11.1. The van der Waals surface area contributed by atoms with Gasteiger partial charge in [-0.25, -0.2) is 0 Å². The first-order chi connectivity index (χ1) is 12.8. The van der Waals surface area contributed by atoms with E-state index in [0.717, 1.165) is 18.2 Å². The number of alkyl halides is 3. The van der Waals surface area contributed by atoms with Crippen LogP contribution < -0.4 is 14.8 Å². The van der Waals surface area contributed by atoms with E-state index >= 15 is 0 Å². The number of methoxy groups -OCH3 is 1. The molecule has 0 aromatic heterocycles. The molecule has 0 aliphatic rings. The Hall–Kier alpha value is -2.45. The summed E-state index contributed by atoms with van der Waals surface area (Å²) in [7, 11) is 1.47. The first kappa shape index (κ1) is 20.9. The summed E-state index contributed by atoms with van der Waals surface area (Å²) in [5.41, 5.74) is -1.01. The standard InChI is InChI=1S/C18H17ClF3NO4/c1-25-8-9-26-16-7-2-12(18(20,21)22)10-15(16)23-17(24)11-27-14-5-3-13(19)4-6-14/h2-7,10H,8-9,11H2,1H3,(H,23,24). The first-order valence-corrected chi connectivity index (χ1v) is 8.18. The molecule has 2 rings (SSSR count). The Balaban J connectivity index is 2.08. The molecule has 0 atom stereocenters. The number of carbonyl (C=O) groups is 1. The molecule has 0 spiro atoms. The maximum atomic E-state index is 12.9. The van der Waals surface area contributed by atoms with Crippen molar-refractivity contribution in [1.29, 1.82) is 0 Å². The van der Waals surface area contributed by atoms with Gasteiger partial charge in [-0.05, 0) is 42.5 Å². The Labute approximate surface area is 159 Å². The molecule has 1 N–H and O–H groups in total. The summed E-state index contributed by atoms with van der Waals surface area (Å²) in [6, 6.07) is 9.14. The van der Waals surface area contributed by atoms with E-state index in [0.29, 0.717) is 10.8 Å². The number of hydrogen-bond donors (Lipinski definition) is 1. The third kappa shape index (κ3) is 6.65. The Bertz CT molecular complexity index is 766. The molecule has 0 radical (unpaired) electrons. The molecule has 0 fully saturated rings. The molecule has 0 saturated carbocycles. The van der Waals surface area contributed by atoms with E-state index in [2.05, 4.69) is 5.32 Å². The zero-order valence-electron chi connectivity index (χ0n) is 14.3. The summed E-state index contributed by atoms with van der Waals surface area (Å²) in [5, 5.41) is 2.88. The highest BCUT2D eigenvalue weighted by molar-refractivity contribution is 6.30. The fourth-order valence-corrected chi connectivity index (χ4v) is 2.16. The van der Waals surface area contributed by atoms with Crippen LogP contribution in [0.5, 0.6) is 11.5 Å². The highest BCUT2D eigenvalue weighted by atomic mass is 35.5. The maximum absolute atomic E-state index is 12.9. The zero-order valence-corrected chi connectivity index (χ0v) is 15.1. The first-order valence-electron chi connectivity index (χ1n) is 7.81. The lowest BCUT2D eigenvalue weighted by atomic mass is 10.1. The summed E-state index contributed by atoms with van der Waals surface area (Å²) in [4.78, 5) is 12.1. The van der Waals surface area contributed by atoms with Crippen LogP contribution in [0, 0.1) is 0 Å². The van der Waals surface area contributed by atoms with E-state index in [1.807, 2.05) is 0 Å². The van der Waals surface area contributed by atoms with Crippen LogP contribution in [-0.4, -0.2) is 32.8 Å².